The Kier molecular flexibility index (Phi) is 4.59. The number of halogens is 1. The molecule has 0 amide bonds. The number of benzene rings is 1. The largest absolute Gasteiger partial charge is 0.387 e. The highest BCUT2D eigenvalue weighted by Crippen LogP contribution is 2.40. The van der Waals surface area contributed by atoms with Crippen molar-refractivity contribution in [3.05, 3.63) is 53.6 Å². The van der Waals surface area contributed by atoms with Crippen molar-refractivity contribution in [3.63, 3.8) is 0 Å². The van der Waals surface area contributed by atoms with E-state index < -0.39 is 6.10 Å². The Hall–Kier alpha value is -2.29. The summed E-state index contributed by atoms with van der Waals surface area (Å²) < 4.78 is 1.85. The van der Waals surface area contributed by atoms with Crippen molar-refractivity contribution >= 4 is 23.0 Å². The molecule has 0 aliphatic heterocycles. The van der Waals surface area contributed by atoms with Gasteiger partial charge in [0.05, 0.1) is 34.8 Å². The smallest absolute Gasteiger partial charge is 0.101 e. The molecule has 1 aliphatic carbocycles. The highest BCUT2D eigenvalue weighted by Gasteiger charge is 2.39. The van der Waals surface area contributed by atoms with Crippen LogP contribution < -0.4 is 4.90 Å². The second-order valence-electron chi connectivity index (χ2n) is 7.10. The fourth-order valence-corrected chi connectivity index (χ4v) is 3.72. The fraction of sp³-hybridized carbons (Fsp3) is 0.368. The van der Waals surface area contributed by atoms with Gasteiger partial charge in [0.25, 0.3) is 0 Å². The number of likely N-dealkylation sites (N-methyl/N-ethyl adjacent to an activating group) is 1. The minimum Gasteiger partial charge on any atom is -0.387 e. The van der Waals surface area contributed by atoms with Gasteiger partial charge in [-0.3, -0.25) is 0 Å². The van der Waals surface area contributed by atoms with Crippen LogP contribution in [0.3, 0.4) is 0 Å². The summed E-state index contributed by atoms with van der Waals surface area (Å²) in [5.74, 6) is 0. The summed E-state index contributed by atoms with van der Waals surface area (Å²) in [5, 5.41) is 20.1. The zero-order chi connectivity index (χ0) is 18.2. The van der Waals surface area contributed by atoms with E-state index in [1.807, 2.05) is 29.9 Å². The lowest BCUT2D eigenvalue weighted by atomic mass is 9.73. The van der Waals surface area contributed by atoms with Crippen molar-refractivity contribution < 1.29 is 5.11 Å². The molecule has 5 nitrogen and oxygen atoms in total. The highest BCUT2D eigenvalue weighted by atomic mass is 35.5. The summed E-state index contributed by atoms with van der Waals surface area (Å²) in [7, 11) is 2.00. The van der Waals surface area contributed by atoms with Crippen molar-refractivity contribution in [3.8, 4) is 6.07 Å². The standard InChI is InChI=1S/C19H21ClN4O/c1-19(2)10-17(25)16(24-7-6-22-12-24)9-18(19)23(3)14-5-4-13(11-21)15(20)8-14/h4-9,12,17-18,25H,10H2,1-3H3/t17-,18-/m1/s1. The molecule has 0 fully saturated rings. The Labute approximate surface area is 152 Å². The molecule has 2 aromatic rings. The molecule has 0 saturated heterocycles. The minimum atomic E-state index is -0.543. The van der Waals surface area contributed by atoms with Crippen LogP contribution >= 0.6 is 11.6 Å². The number of aliphatic hydroxyl groups is 1. The molecule has 0 radical (unpaired) electrons. The van der Waals surface area contributed by atoms with Crippen LogP contribution in [0.15, 0.2) is 43.0 Å². The van der Waals surface area contributed by atoms with E-state index in [0.717, 1.165) is 11.4 Å². The second kappa shape index (κ2) is 6.55. The minimum absolute atomic E-state index is 0.0531. The number of anilines is 1. The third kappa shape index (κ3) is 3.28. The van der Waals surface area contributed by atoms with E-state index >= 15 is 0 Å². The van der Waals surface area contributed by atoms with E-state index in [2.05, 4.69) is 35.9 Å². The molecule has 1 aliphatic rings. The summed E-state index contributed by atoms with van der Waals surface area (Å²) in [4.78, 5) is 6.21. The van der Waals surface area contributed by atoms with Crippen LogP contribution in [0, 0.1) is 16.7 Å². The summed E-state index contributed by atoms with van der Waals surface area (Å²) in [6.07, 6.45) is 7.41. The first-order valence-electron chi connectivity index (χ1n) is 8.14. The maximum absolute atomic E-state index is 10.6. The second-order valence-corrected chi connectivity index (χ2v) is 7.51. The number of imidazole rings is 1. The molecule has 1 heterocycles. The van der Waals surface area contributed by atoms with E-state index in [1.54, 1.807) is 18.6 Å². The van der Waals surface area contributed by atoms with E-state index in [0.29, 0.717) is 17.0 Å². The third-order valence-corrected chi connectivity index (χ3v) is 5.20. The van der Waals surface area contributed by atoms with Crippen LogP contribution in [0.4, 0.5) is 5.69 Å². The Morgan fingerprint density at radius 3 is 2.80 bits per heavy atom. The molecule has 0 spiro atoms. The van der Waals surface area contributed by atoms with Gasteiger partial charge < -0.3 is 14.6 Å². The van der Waals surface area contributed by atoms with Crippen molar-refractivity contribution in [1.29, 1.82) is 5.26 Å². The van der Waals surface area contributed by atoms with Gasteiger partial charge in [-0.05, 0) is 36.1 Å². The first-order chi connectivity index (χ1) is 11.8. The highest BCUT2D eigenvalue weighted by molar-refractivity contribution is 6.32. The van der Waals surface area contributed by atoms with Gasteiger partial charge in [-0.1, -0.05) is 25.4 Å². The molecule has 25 heavy (non-hydrogen) atoms. The van der Waals surface area contributed by atoms with Crippen molar-refractivity contribution in [2.24, 2.45) is 5.41 Å². The Bertz CT molecular complexity index is 836. The fourth-order valence-electron chi connectivity index (χ4n) is 3.50. The summed E-state index contributed by atoms with van der Waals surface area (Å²) >= 11 is 6.20. The number of nitrogens with zero attached hydrogens (tertiary/aromatic N) is 4. The molecular formula is C19H21ClN4O. The predicted octanol–water partition coefficient (Wildman–Crippen LogP) is 3.54. The first kappa shape index (κ1) is 17.5. The predicted molar refractivity (Wildman–Crippen MR) is 99.3 cm³/mol. The average Bonchev–Trinajstić information content (AvgIpc) is 3.07. The lowest BCUT2D eigenvalue weighted by Gasteiger charge is -2.45. The molecule has 1 aromatic heterocycles. The van der Waals surface area contributed by atoms with Gasteiger partial charge >= 0.3 is 0 Å². The maximum atomic E-state index is 10.6. The van der Waals surface area contributed by atoms with E-state index in [-0.39, 0.29) is 11.5 Å². The summed E-state index contributed by atoms with van der Waals surface area (Å²) in [6, 6.07) is 7.58. The number of hydrogen-bond donors (Lipinski definition) is 1. The number of nitriles is 1. The van der Waals surface area contributed by atoms with Gasteiger partial charge in [-0.15, -0.1) is 0 Å². The molecule has 1 aromatic carbocycles. The lowest BCUT2D eigenvalue weighted by Crippen LogP contribution is -2.47. The number of hydrogen-bond acceptors (Lipinski definition) is 4. The zero-order valence-electron chi connectivity index (χ0n) is 14.5. The van der Waals surface area contributed by atoms with Crippen molar-refractivity contribution in [2.75, 3.05) is 11.9 Å². The number of aromatic nitrogens is 2. The molecule has 0 unspecified atom stereocenters. The van der Waals surface area contributed by atoms with Crippen molar-refractivity contribution in [1.82, 2.24) is 9.55 Å². The monoisotopic (exact) mass is 356 g/mol. The molecule has 0 saturated carbocycles. The van der Waals surface area contributed by atoms with E-state index in [1.165, 1.54) is 0 Å². The number of aliphatic hydroxyl groups excluding tert-OH is 1. The maximum Gasteiger partial charge on any atom is 0.101 e. The van der Waals surface area contributed by atoms with Crippen molar-refractivity contribution in [2.45, 2.75) is 32.4 Å². The van der Waals surface area contributed by atoms with E-state index in [4.69, 9.17) is 16.9 Å². The summed E-state index contributed by atoms with van der Waals surface area (Å²) in [6.45, 7) is 4.29. The molecule has 0 bridgehead atoms. The zero-order valence-corrected chi connectivity index (χ0v) is 15.3. The topological polar surface area (TPSA) is 65.1 Å². The van der Waals surface area contributed by atoms with Crippen LogP contribution in [-0.2, 0) is 0 Å². The Balaban J connectivity index is 2.00. The molecule has 2 atom stereocenters. The SMILES string of the molecule is CN(c1ccc(C#N)c(Cl)c1)[C@@H]1C=C(n2ccnc2)[C@H](O)CC1(C)C. The summed E-state index contributed by atoms with van der Waals surface area (Å²) in [5.41, 5.74) is 2.08. The van der Waals surface area contributed by atoms with Gasteiger partial charge in [0, 0.05) is 25.1 Å². The normalized spacial score (nSPS) is 22.2. The first-order valence-corrected chi connectivity index (χ1v) is 8.52. The quantitative estimate of drug-likeness (QED) is 0.913. The number of rotatable bonds is 3. The molecule has 130 valence electrons. The van der Waals surface area contributed by atoms with E-state index in [9.17, 15) is 5.11 Å². The van der Waals surface area contributed by atoms with Crippen LogP contribution in [0.5, 0.6) is 0 Å². The van der Waals surface area contributed by atoms with Gasteiger partial charge in [-0.25, -0.2) is 4.98 Å². The molecular weight excluding hydrogens is 336 g/mol. The van der Waals surface area contributed by atoms with Crippen LogP contribution in [0.2, 0.25) is 5.02 Å². The van der Waals surface area contributed by atoms with Crippen LogP contribution in [0.25, 0.3) is 5.70 Å². The molecule has 6 heteroatoms. The molecule has 3 rings (SSSR count). The van der Waals surface area contributed by atoms with Gasteiger partial charge in [0.2, 0.25) is 0 Å². The van der Waals surface area contributed by atoms with Crippen LogP contribution in [0.1, 0.15) is 25.8 Å². The molecule has 1 N–H and O–H groups in total. The third-order valence-electron chi connectivity index (χ3n) is 4.89. The van der Waals surface area contributed by atoms with Gasteiger partial charge in [0.1, 0.15) is 6.07 Å². The average molecular weight is 357 g/mol. The van der Waals surface area contributed by atoms with Crippen LogP contribution in [-0.4, -0.2) is 33.9 Å². The van der Waals surface area contributed by atoms with Gasteiger partial charge in [0.15, 0.2) is 0 Å². The van der Waals surface area contributed by atoms with Gasteiger partial charge in [-0.2, -0.15) is 5.26 Å². The Morgan fingerprint density at radius 2 is 2.20 bits per heavy atom. The Morgan fingerprint density at radius 1 is 1.44 bits per heavy atom. The lowest BCUT2D eigenvalue weighted by molar-refractivity contribution is 0.134.